The number of rotatable bonds is 6. The second-order valence-electron chi connectivity index (χ2n) is 4.42. The second-order valence-corrected chi connectivity index (χ2v) is 4.42. The number of carbonyl (C=O) groups is 1. The fraction of sp³-hybridized carbons (Fsp3) is 0.250. The monoisotopic (exact) mass is 252 g/mol. The van der Waals surface area contributed by atoms with Crippen LogP contribution >= 0.6 is 0 Å². The van der Waals surface area contributed by atoms with Gasteiger partial charge >= 0.3 is 114 Å². The first-order valence-electron chi connectivity index (χ1n) is 6.64. The van der Waals surface area contributed by atoms with Crippen molar-refractivity contribution in [2.45, 2.75) is 19.8 Å². The maximum atomic E-state index is 12.2. The van der Waals surface area contributed by atoms with E-state index in [1.807, 2.05) is 55.3 Å². The Bertz CT molecular complexity index is 520. The van der Waals surface area contributed by atoms with Gasteiger partial charge in [0.2, 0.25) is 0 Å². The van der Waals surface area contributed by atoms with E-state index < -0.39 is 0 Å². The summed E-state index contributed by atoms with van der Waals surface area (Å²) in [6.45, 7) is 4.71. The van der Waals surface area contributed by atoms with Crippen LogP contribution in [0.5, 0.6) is 5.64 Å². The van der Waals surface area contributed by atoms with E-state index in [2.05, 4.69) is 6.92 Å². The average Bonchev–Trinajstić information content (AvgIpc) is 2.48. The fourth-order valence-corrected chi connectivity index (χ4v) is 1.79. The van der Waals surface area contributed by atoms with Crippen molar-refractivity contribution >= 4 is 12.7 Å². The normalized spacial score (nSPS) is 9.95. The molecule has 0 saturated heterocycles. The first kappa shape index (κ1) is 13.5. The summed E-state index contributed by atoms with van der Waals surface area (Å²) in [5, 5.41) is 0. The molecule has 0 N–H and O–H groups in total. The molecule has 19 heavy (non-hydrogen) atoms. The molecule has 0 atom stereocenters. The summed E-state index contributed by atoms with van der Waals surface area (Å²) in [5.41, 5.74) is 2.22. The number of ether oxygens (including phenoxy) is 1. The van der Waals surface area contributed by atoms with Gasteiger partial charge in [-0.25, -0.2) is 0 Å². The molecule has 1 heterocycles. The molecule has 3 heteroatoms. The summed E-state index contributed by atoms with van der Waals surface area (Å²) in [4.78, 5) is 12.2. The van der Waals surface area contributed by atoms with Gasteiger partial charge in [-0.1, -0.05) is 0 Å². The van der Waals surface area contributed by atoms with Crippen molar-refractivity contribution < 1.29 is 9.53 Å². The Morgan fingerprint density at radius 2 is 1.89 bits per heavy atom. The molecule has 0 fully saturated rings. The molecule has 1 aromatic carbocycles. The van der Waals surface area contributed by atoms with E-state index in [9.17, 15) is 4.79 Å². The number of hydrogen-bond acceptors (Lipinski definition) is 2. The van der Waals surface area contributed by atoms with Crippen LogP contribution in [0.3, 0.4) is 0 Å². The topological polar surface area (TPSA) is 26.3 Å². The van der Waals surface area contributed by atoms with Crippen molar-refractivity contribution in [1.29, 1.82) is 0 Å². The molecule has 0 aliphatic heterocycles. The van der Waals surface area contributed by atoms with Crippen LogP contribution in [-0.4, -0.2) is 19.3 Å². The average molecular weight is 252 g/mol. The van der Waals surface area contributed by atoms with E-state index in [-0.39, 0.29) is 5.78 Å². The van der Waals surface area contributed by atoms with Crippen LogP contribution in [0.4, 0.5) is 0 Å². The molecule has 0 amide bonds. The van der Waals surface area contributed by atoms with Crippen LogP contribution in [0.15, 0.2) is 48.4 Å². The molecule has 0 saturated carbocycles. The van der Waals surface area contributed by atoms with E-state index in [4.69, 9.17) is 4.74 Å². The molecular weight excluding hydrogens is 235 g/mol. The molecule has 0 aliphatic carbocycles. The van der Waals surface area contributed by atoms with Gasteiger partial charge in [-0.05, 0) is 0 Å². The molecule has 0 aliphatic rings. The molecule has 96 valence electrons. The Balaban J connectivity index is 2.04. The molecule has 2 aromatic rings. The fourth-order valence-electron chi connectivity index (χ4n) is 1.79. The predicted molar refractivity (Wildman–Crippen MR) is 78.1 cm³/mol. The van der Waals surface area contributed by atoms with E-state index in [1.165, 1.54) is 0 Å². The number of ketones is 1. The first-order chi connectivity index (χ1) is 9.31. The quantitative estimate of drug-likeness (QED) is 0.581. The Labute approximate surface area is 114 Å². The van der Waals surface area contributed by atoms with Crippen LogP contribution in [0, 0.1) is 0 Å². The zero-order chi connectivity index (χ0) is 13.5. The standard InChI is InChI=1S/C16H17BO2/c1-2-3-11-19-15-10-9-14(12-17-15)16(18)13-7-5-4-6-8-13/h4-10,12H,2-3,11H2,1H3. The van der Waals surface area contributed by atoms with Crippen molar-refractivity contribution in [2.24, 2.45) is 0 Å². The van der Waals surface area contributed by atoms with Crippen LogP contribution < -0.4 is 4.74 Å². The second kappa shape index (κ2) is 6.88. The van der Waals surface area contributed by atoms with Crippen LogP contribution in [0.2, 0.25) is 0 Å². The van der Waals surface area contributed by atoms with E-state index in [1.54, 1.807) is 0 Å². The van der Waals surface area contributed by atoms with Crippen molar-refractivity contribution in [3.63, 3.8) is 0 Å². The Hall–Kier alpha value is -1.90. The van der Waals surface area contributed by atoms with Gasteiger partial charge in [0.05, 0.1) is 0 Å². The molecular formula is C16H17BO2. The molecule has 2 rings (SSSR count). The van der Waals surface area contributed by atoms with E-state index >= 15 is 0 Å². The van der Waals surface area contributed by atoms with Crippen LogP contribution in [0.25, 0.3) is 0 Å². The van der Waals surface area contributed by atoms with E-state index in [0.29, 0.717) is 11.1 Å². The van der Waals surface area contributed by atoms with Crippen molar-refractivity contribution in [3.05, 3.63) is 59.6 Å². The van der Waals surface area contributed by atoms with Gasteiger partial charge in [-0.2, -0.15) is 0 Å². The van der Waals surface area contributed by atoms with Crippen LogP contribution in [-0.2, 0) is 0 Å². The Kier molecular flexibility index (Phi) is 4.90. The third kappa shape index (κ3) is 3.78. The van der Waals surface area contributed by atoms with Gasteiger partial charge in [0.1, 0.15) is 0 Å². The van der Waals surface area contributed by atoms with Gasteiger partial charge in [-0.3, -0.25) is 0 Å². The van der Waals surface area contributed by atoms with Gasteiger partial charge < -0.3 is 0 Å². The van der Waals surface area contributed by atoms with E-state index in [0.717, 1.165) is 25.1 Å². The SMILES string of the molecule is CCCCOc1bcc(C(=O)c2ccccc2)cc1. The Morgan fingerprint density at radius 3 is 2.53 bits per heavy atom. The van der Waals surface area contributed by atoms with Crippen molar-refractivity contribution in [2.75, 3.05) is 6.61 Å². The van der Waals surface area contributed by atoms with Crippen molar-refractivity contribution in [3.8, 4) is 5.64 Å². The minimum absolute atomic E-state index is 0.0423. The maximum absolute atomic E-state index is 12.2. The molecule has 1 aromatic heterocycles. The third-order valence-electron chi connectivity index (χ3n) is 2.92. The summed E-state index contributed by atoms with van der Waals surface area (Å²) in [7, 11) is 0. The van der Waals surface area contributed by atoms with Gasteiger partial charge in [0.25, 0.3) is 0 Å². The van der Waals surface area contributed by atoms with Crippen LogP contribution in [0.1, 0.15) is 35.7 Å². The Morgan fingerprint density at radius 1 is 1.11 bits per heavy atom. The molecule has 0 radical (unpaired) electrons. The molecule has 0 unspecified atom stereocenters. The number of benzene rings is 1. The van der Waals surface area contributed by atoms with Crippen molar-refractivity contribution in [1.82, 2.24) is 0 Å². The summed E-state index contributed by atoms with van der Waals surface area (Å²) in [6, 6.07) is 13.0. The number of carbonyl (C=O) groups excluding carboxylic acids is 1. The van der Waals surface area contributed by atoms with Gasteiger partial charge in [-0.15, -0.1) is 0 Å². The minimum atomic E-state index is 0.0423. The van der Waals surface area contributed by atoms with Gasteiger partial charge in [0.15, 0.2) is 0 Å². The predicted octanol–water partition coefficient (Wildman–Crippen LogP) is 3.43. The molecule has 0 spiro atoms. The summed E-state index contributed by atoms with van der Waals surface area (Å²) in [6.07, 6.45) is 2.16. The summed E-state index contributed by atoms with van der Waals surface area (Å²) < 4.78 is 5.58. The summed E-state index contributed by atoms with van der Waals surface area (Å²) >= 11 is 0. The third-order valence-corrected chi connectivity index (χ3v) is 2.92. The zero-order valence-electron chi connectivity index (χ0n) is 11.1. The number of hydrogen-bond donors (Lipinski definition) is 0. The summed E-state index contributed by atoms with van der Waals surface area (Å²) in [5.74, 6) is 1.86. The first-order valence-corrected chi connectivity index (χ1v) is 6.64. The van der Waals surface area contributed by atoms with Gasteiger partial charge in [0, 0.05) is 0 Å². The molecule has 0 bridgehead atoms. The number of unbranched alkanes of at least 4 members (excludes halogenated alkanes) is 1. The molecule has 2 nitrogen and oxygen atoms in total. The zero-order valence-corrected chi connectivity index (χ0v) is 11.1.